The Morgan fingerprint density at radius 2 is 1.71 bits per heavy atom. The van der Waals surface area contributed by atoms with Crippen LogP contribution in [0.2, 0.25) is 0 Å². The number of nitrogens with zero attached hydrogens (tertiary/aromatic N) is 7. The molecule has 1 aliphatic rings. The largest absolute Gasteiger partial charge is 0.338 e. The predicted octanol–water partition coefficient (Wildman–Crippen LogP) is 1.23. The zero-order chi connectivity index (χ0) is 19.3. The average Bonchev–Trinajstić information content (AvgIpc) is 2.74. The van der Waals surface area contributed by atoms with Gasteiger partial charge in [-0.15, -0.1) is 0 Å². The molecule has 0 saturated carbocycles. The van der Waals surface area contributed by atoms with E-state index in [1.807, 2.05) is 25.1 Å². The number of piperazine rings is 1. The minimum absolute atomic E-state index is 0.0791. The van der Waals surface area contributed by atoms with Gasteiger partial charge >= 0.3 is 0 Å². The molecule has 0 atom stereocenters. The highest BCUT2D eigenvalue weighted by atomic mass is 16.1. The minimum Gasteiger partial charge on any atom is -0.338 e. The first-order valence-corrected chi connectivity index (χ1v) is 9.44. The first kappa shape index (κ1) is 18.2. The molecule has 1 aliphatic heterocycles. The van der Waals surface area contributed by atoms with Crippen molar-refractivity contribution in [3.05, 3.63) is 65.0 Å². The van der Waals surface area contributed by atoms with Crippen LogP contribution in [0.4, 0.5) is 5.95 Å². The molecule has 8 nitrogen and oxygen atoms in total. The Kier molecular flexibility index (Phi) is 5.38. The van der Waals surface area contributed by atoms with Crippen molar-refractivity contribution in [2.24, 2.45) is 0 Å². The fourth-order valence-corrected chi connectivity index (χ4v) is 3.28. The maximum absolute atomic E-state index is 12.2. The molecule has 3 aromatic heterocycles. The van der Waals surface area contributed by atoms with Gasteiger partial charge in [0.15, 0.2) is 0 Å². The number of hydrogen-bond donors (Lipinski definition) is 0. The fraction of sp³-hybridized carbons (Fsp3) is 0.350. The molecule has 0 aromatic carbocycles. The van der Waals surface area contributed by atoms with Crippen molar-refractivity contribution in [3.8, 4) is 11.3 Å². The van der Waals surface area contributed by atoms with Crippen LogP contribution in [-0.2, 0) is 6.54 Å². The summed E-state index contributed by atoms with van der Waals surface area (Å²) in [6.07, 6.45) is 5.26. The van der Waals surface area contributed by atoms with Gasteiger partial charge in [-0.25, -0.2) is 14.6 Å². The Hall–Kier alpha value is -3.13. The van der Waals surface area contributed by atoms with Crippen LogP contribution in [0.5, 0.6) is 0 Å². The van der Waals surface area contributed by atoms with E-state index >= 15 is 0 Å². The first-order chi connectivity index (χ1) is 13.7. The van der Waals surface area contributed by atoms with Crippen molar-refractivity contribution in [1.29, 1.82) is 0 Å². The second kappa shape index (κ2) is 8.26. The van der Waals surface area contributed by atoms with E-state index in [-0.39, 0.29) is 5.56 Å². The van der Waals surface area contributed by atoms with Gasteiger partial charge < -0.3 is 4.90 Å². The van der Waals surface area contributed by atoms with E-state index in [1.165, 1.54) is 0 Å². The quantitative estimate of drug-likeness (QED) is 0.661. The van der Waals surface area contributed by atoms with E-state index in [4.69, 9.17) is 0 Å². The molecule has 4 heterocycles. The molecule has 8 heteroatoms. The lowest BCUT2D eigenvalue weighted by atomic mass is 10.2. The van der Waals surface area contributed by atoms with E-state index in [9.17, 15) is 4.79 Å². The third-order valence-electron chi connectivity index (χ3n) is 4.91. The summed E-state index contributed by atoms with van der Waals surface area (Å²) in [5.41, 5.74) is 2.63. The highest BCUT2D eigenvalue weighted by molar-refractivity contribution is 5.56. The van der Waals surface area contributed by atoms with Crippen LogP contribution >= 0.6 is 0 Å². The van der Waals surface area contributed by atoms with Gasteiger partial charge in [0, 0.05) is 68.6 Å². The lowest BCUT2D eigenvalue weighted by molar-refractivity contribution is 0.242. The summed E-state index contributed by atoms with van der Waals surface area (Å²) in [7, 11) is 0. The third-order valence-corrected chi connectivity index (χ3v) is 4.91. The van der Waals surface area contributed by atoms with E-state index in [0.717, 1.165) is 55.6 Å². The average molecular weight is 377 g/mol. The lowest BCUT2D eigenvalue weighted by Crippen LogP contribution is -2.48. The van der Waals surface area contributed by atoms with Crippen LogP contribution in [0.3, 0.4) is 0 Å². The van der Waals surface area contributed by atoms with E-state index < -0.39 is 0 Å². The van der Waals surface area contributed by atoms with E-state index in [1.54, 1.807) is 35.4 Å². The Bertz CT molecular complexity index is 981. The van der Waals surface area contributed by atoms with Gasteiger partial charge in [-0.1, -0.05) is 0 Å². The molecule has 0 N–H and O–H groups in total. The number of aromatic nitrogens is 5. The molecule has 0 aliphatic carbocycles. The zero-order valence-corrected chi connectivity index (χ0v) is 15.9. The highest BCUT2D eigenvalue weighted by Crippen LogP contribution is 2.13. The zero-order valence-electron chi connectivity index (χ0n) is 15.9. The summed E-state index contributed by atoms with van der Waals surface area (Å²) in [6, 6.07) is 9.03. The van der Waals surface area contributed by atoms with Crippen molar-refractivity contribution in [2.45, 2.75) is 13.5 Å². The first-order valence-electron chi connectivity index (χ1n) is 9.44. The predicted molar refractivity (Wildman–Crippen MR) is 107 cm³/mol. The molecule has 0 bridgehead atoms. The number of pyridine rings is 1. The van der Waals surface area contributed by atoms with Gasteiger partial charge in [0.25, 0.3) is 5.56 Å². The van der Waals surface area contributed by atoms with Crippen molar-refractivity contribution in [2.75, 3.05) is 37.6 Å². The van der Waals surface area contributed by atoms with Gasteiger partial charge in [-0.2, -0.15) is 5.10 Å². The maximum atomic E-state index is 12.2. The number of rotatable bonds is 5. The molecule has 1 fully saturated rings. The third kappa shape index (κ3) is 4.23. The molecule has 144 valence electrons. The van der Waals surface area contributed by atoms with Crippen molar-refractivity contribution in [3.63, 3.8) is 0 Å². The number of hydrogen-bond acceptors (Lipinski definition) is 7. The van der Waals surface area contributed by atoms with Gasteiger partial charge in [0.05, 0.1) is 12.2 Å². The van der Waals surface area contributed by atoms with Gasteiger partial charge in [-0.05, 0) is 31.2 Å². The standard InChI is InChI=1S/C20H23N7O/c1-16-4-9-22-20(23-16)26-13-10-25(11-14-26)12-15-27-19(28)3-2-18(24-27)17-5-7-21-8-6-17/h2-9H,10-15H2,1H3. The molecule has 0 amide bonds. The van der Waals surface area contributed by atoms with Crippen molar-refractivity contribution < 1.29 is 0 Å². The van der Waals surface area contributed by atoms with Crippen LogP contribution in [0.1, 0.15) is 5.69 Å². The Morgan fingerprint density at radius 1 is 0.929 bits per heavy atom. The van der Waals surface area contributed by atoms with Crippen LogP contribution in [0, 0.1) is 6.92 Å². The molecule has 0 unspecified atom stereocenters. The second-order valence-corrected chi connectivity index (χ2v) is 6.84. The molecule has 0 spiro atoms. The van der Waals surface area contributed by atoms with Crippen LogP contribution < -0.4 is 10.5 Å². The van der Waals surface area contributed by atoms with Gasteiger partial charge in [0.2, 0.25) is 5.95 Å². The van der Waals surface area contributed by atoms with Crippen LogP contribution in [0.25, 0.3) is 11.3 Å². The molecular weight excluding hydrogens is 354 g/mol. The normalized spacial score (nSPS) is 15.0. The van der Waals surface area contributed by atoms with Gasteiger partial charge in [0.1, 0.15) is 0 Å². The summed E-state index contributed by atoms with van der Waals surface area (Å²) >= 11 is 0. The van der Waals surface area contributed by atoms with Crippen LogP contribution in [-0.4, -0.2) is 62.4 Å². The Labute approximate surface area is 163 Å². The maximum Gasteiger partial charge on any atom is 0.266 e. The summed E-state index contributed by atoms with van der Waals surface area (Å²) in [5.74, 6) is 0.794. The SMILES string of the molecule is Cc1ccnc(N2CCN(CCn3nc(-c4ccncc4)ccc3=O)CC2)n1. The topological polar surface area (TPSA) is 80.0 Å². The van der Waals surface area contributed by atoms with Crippen molar-refractivity contribution >= 4 is 5.95 Å². The van der Waals surface area contributed by atoms with Crippen LogP contribution in [0.15, 0.2) is 53.7 Å². The Balaban J connectivity index is 1.36. The summed E-state index contributed by atoms with van der Waals surface area (Å²) in [6.45, 7) is 6.91. The highest BCUT2D eigenvalue weighted by Gasteiger charge is 2.19. The Morgan fingerprint density at radius 3 is 2.46 bits per heavy atom. The molecule has 3 aromatic rings. The smallest absolute Gasteiger partial charge is 0.266 e. The number of aryl methyl sites for hydroxylation is 1. The fourth-order valence-electron chi connectivity index (χ4n) is 3.28. The lowest BCUT2D eigenvalue weighted by Gasteiger charge is -2.34. The molecule has 4 rings (SSSR count). The second-order valence-electron chi connectivity index (χ2n) is 6.84. The van der Waals surface area contributed by atoms with E-state index in [2.05, 4.69) is 29.9 Å². The summed E-state index contributed by atoms with van der Waals surface area (Å²) in [4.78, 5) is 29.6. The van der Waals surface area contributed by atoms with E-state index in [0.29, 0.717) is 6.54 Å². The van der Waals surface area contributed by atoms with Crippen molar-refractivity contribution in [1.82, 2.24) is 29.6 Å². The monoisotopic (exact) mass is 377 g/mol. The molecule has 0 radical (unpaired) electrons. The van der Waals surface area contributed by atoms with Gasteiger partial charge in [-0.3, -0.25) is 14.7 Å². The molecule has 1 saturated heterocycles. The summed E-state index contributed by atoms with van der Waals surface area (Å²) in [5, 5.41) is 4.52. The molecule has 28 heavy (non-hydrogen) atoms. The molecular formula is C20H23N7O. The summed E-state index contributed by atoms with van der Waals surface area (Å²) < 4.78 is 1.55. The number of anilines is 1. The minimum atomic E-state index is -0.0791.